The van der Waals surface area contributed by atoms with Gasteiger partial charge in [-0.05, 0) is 43.2 Å². The molecule has 3 rings (SSSR count). The second kappa shape index (κ2) is 7.05. The van der Waals surface area contributed by atoms with Crippen molar-refractivity contribution in [2.24, 2.45) is 0 Å². The van der Waals surface area contributed by atoms with Crippen molar-refractivity contribution in [3.8, 4) is 0 Å². The first kappa shape index (κ1) is 16.5. The van der Waals surface area contributed by atoms with Crippen LogP contribution in [0.25, 0.3) is 5.57 Å². The van der Waals surface area contributed by atoms with E-state index >= 15 is 0 Å². The molecule has 5 heteroatoms. The molecular formula is C19H21ClN4. The summed E-state index contributed by atoms with van der Waals surface area (Å²) in [7, 11) is 0. The highest BCUT2D eigenvalue weighted by Gasteiger charge is 2.20. The minimum atomic E-state index is 0.657. The Bertz CT molecular complexity index is 802. The van der Waals surface area contributed by atoms with E-state index in [4.69, 9.17) is 16.6 Å². The van der Waals surface area contributed by atoms with E-state index < -0.39 is 0 Å². The molecule has 0 aliphatic carbocycles. The Morgan fingerprint density at radius 3 is 2.83 bits per heavy atom. The molecule has 2 aromatic rings. The zero-order chi connectivity index (χ0) is 17.1. The maximum atomic E-state index is 6.24. The smallest absolute Gasteiger partial charge is 0.129 e. The van der Waals surface area contributed by atoms with E-state index in [0.29, 0.717) is 5.03 Å². The Labute approximate surface area is 147 Å². The lowest BCUT2D eigenvalue weighted by atomic mass is 10.1. The van der Waals surface area contributed by atoms with Crippen molar-refractivity contribution in [3.63, 3.8) is 0 Å². The molecule has 4 nitrogen and oxygen atoms in total. The van der Waals surface area contributed by atoms with E-state index in [1.807, 2.05) is 50.4 Å². The topological polar surface area (TPSA) is 34.0 Å². The molecule has 0 saturated carbocycles. The summed E-state index contributed by atoms with van der Waals surface area (Å²) in [6.45, 7) is 10.3. The SMILES string of the molecule is C=C(C)C(Cl)=CC(=CC)c1cn2c(n1)CN(c1ccccn1)CC2. The summed E-state index contributed by atoms with van der Waals surface area (Å²) in [5.41, 5.74) is 2.80. The molecule has 0 bridgehead atoms. The van der Waals surface area contributed by atoms with Crippen molar-refractivity contribution in [1.82, 2.24) is 14.5 Å². The minimum absolute atomic E-state index is 0.657. The highest BCUT2D eigenvalue weighted by Crippen LogP contribution is 2.24. The number of rotatable bonds is 4. The number of pyridine rings is 1. The van der Waals surface area contributed by atoms with E-state index in [9.17, 15) is 0 Å². The molecule has 124 valence electrons. The summed E-state index contributed by atoms with van der Waals surface area (Å²) in [5, 5.41) is 0.657. The van der Waals surface area contributed by atoms with Crippen LogP contribution in [0, 0.1) is 0 Å². The van der Waals surface area contributed by atoms with Crippen molar-refractivity contribution in [1.29, 1.82) is 0 Å². The van der Waals surface area contributed by atoms with Gasteiger partial charge < -0.3 is 9.47 Å². The van der Waals surface area contributed by atoms with E-state index in [1.165, 1.54) is 0 Å². The quantitative estimate of drug-likeness (QED) is 0.773. The van der Waals surface area contributed by atoms with Crippen LogP contribution in [0.5, 0.6) is 0 Å². The predicted octanol–water partition coefficient (Wildman–Crippen LogP) is 4.40. The van der Waals surface area contributed by atoms with Crippen LogP contribution in [0.2, 0.25) is 0 Å². The molecule has 0 N–H and O–H groups in total. The lowest BCUT2D eigenvalue weighted by molar-refractivity contribution is 0.556. The van der Waals surface area contributed by atoms with Crippen LogP contribution in [0.3, 0.4) is 0 Å². The van der Waals surface area contributed by atoms with Gasteiger partial charge in [0, 0.05) is 30.5 Å². The summed E-state index contributed by atoms with van der Waals surface area (Å²) in [5.74, 6) is 2.03. The first-order chi connectivity index (χ1) is 11.6. The molecule has 0 radical (unpaired) electrons. The molecule has 0 atom stereocenters. The summed E-state index contributed by atoms with van der Waals surface area (Å²) in [6.07, 6.45) is 7.87. The molecule has 0 fully saturated rings. The largest absolute Gasteiger partial charge is 0.347 e. The standard InChI is InChI=1S/C19H21ClN4/c1-4-15(11-16(20)14(2)3)17-12-23-9-10-24(13-19(23)22-17)18-7-5-6-8-21-18/h4-8,11-12H,2,9-10,13H2,1,3H3. The van der Waals surface area contributed by atoms with Gasteiger partial charge in [0.05, 0.1) is 12.2 Å². The zero-order valence-electron chi connectivity index (χ0n) is 14.0. The molecule has 0 aromatic carbocycles. The van der Waals surface area contributed by atoms with Crippen LogP contribution in [-0.4, -0.2) is 21.1 Å². The van der Waals surface area contributed by atoms with Crippen molar-refractivity contribution >= 4 is 23.0 Å². The third kappa shape index (κ3) is 3.44. The fourth-order valence-electron chi connectivity index (χ4n) is 2.69. The van der Waals surface area contributed by atoms with Crippen molar-refractivity contribution in [2.45, 2.75) is 26.9 Å². The lowest BCUT2D eigenvalue weighted by Gasteiger charge is -2.28. The van der Waals surface area contributed by atoms with Gasteiger partial charge in [-0.1, -0.05) is 30.3 Å². The van der Waals surface area contributed by atoms with Gasteiger partial charge in [-0.3, -0.25) is 0 Å². The Hall–Kier alpha value is -2.33. The van der Waals surface area contributed by atoms with Gasteiger partial charge in [0.15, 0.2) is 0 Å². The number of imidazole rings is 1. The third-order valence-electron chi connectivity index (χ3n) is 4.07. The van der Waals surface area contributed by atoms with Crippen molar-refractivity contribution in [3.05, 3.63) is 71.4 Å². The van der Waals surface area contributed by atoms with Gasteiger partial charge in [0.1, 0.15) is 11.6 Å². The number of allylic oxidation sites excluding steroid dienone is 5. The molecule has 1 aliphatic rings. The molecular weight excluding hydrogens is 320 g/mol. The van der Waals surface area contributed by atoms with Crippen LogP contribution in [0.4, 0.5) is 5.82 Å². The number of hydrogen-bond donors (Lipinski definition) is 0. The second-order valence-corrected chi connectivity index (χ2v) is 6.27. The van der Waals surface area contributed by atoms with Gasteiger partial charge in [-0.25, -0.2) is 9.97 Å². The van der Waals surface area contributed by atoms with Gasteiger partial charge in [0.25, 0.3) is 0 Å². The van der Waals surface area contributed by atoms with E-state index in [1.54, 1.807) is 0 Å². The van der Waals surface area contributed by atoms with Gasteiger partial charge >= 0.3 is 0 Å². The number of fused-ring (bicyclic) bond motifs is 1. The minimum Gasteiger partial charge on any atom is -0.347 e. The Balaban J connectivity index is 1.85. The van der Waals surface area contributed by atoms with Gasteiger partial charge in [0.2, 0.25) is 0 Å². The predicted molar refractivity (Wildman–Crippen MR) is 99.9 cm³/mol. The summed E-state index contributed by atoms with van der Waals surface area (Å²) >= 11 is 6.24. The number of nitrogens with zero attached hydrogens (tertiary/aromatic N) is 4. The first-order valence-electron chi connectivity index (χ1n) is 8.00. The number of halogens is 1. The van der Waals surface area contributed by atoms with Crippen LogP contribution < -0.4 is 4.90 Å². The average Bonchev–Trinajstić information content (AvgIpc) is 3.02. The van der Waals surface area contributed by atoms with Crippen LogP contribution in [-0.2, 0) is 13.1 Å². The van der Waals surface area contributed by atoms with Crippen LogP contribution >= 0.6 is 11.6 Å². The van der Waals surface area contributed by atoms with Crippen LogP contribution in [0.1, 0.15) is 25.4 Å². The van der Waals surface area contributed by atoms with E-state index in [0.717, 1.165) is 48.1 Å². The Kier molecular flexibility index (Phi) is 4.86. The lowest BCUT2D eigenvalue weighted by Crippen LogP contribution is -2.34. The summed E-state index contributed by atoms with van der Waals surface area (Å²) < 4.78 is 2.21. The average molecular weight is 341 g/mol. The fourth-order valence-corrected chi connectivity index (χ4v) is 2.81. The number of anilines is 1. The fraction of sp³-hybridized carbons (Fsp3) is 0.263. The molecule has 3 heterocycles. The number of aromatic nitrogens is 3. The number of hydrogen-bond acceptors (Lipinski definition) is 3. The maximum Gasteiger partial charge on any atom is 0.129 e. The van der Waals surface area contributed by atoms with Gasteiger partial charge in [-0.2, -0.15) is 0 Å². The molecule has 2 aromatic heterocycles. The van der Waals surface area contributed by atoms with E-state index in [-0.39, 0.29) is 0 Å². The first-order valence-corrected chi connectivity index (χ1v) is 8.38. The molecule has 1 aliphatic heterocycles. The summed E-state index contributed by atoms with van der Waals surface area (Å²) in [6, 6.07) is 5.98. The summed E-state index contributed by atoms with van der Waals surface area (Å²) in [4.78, 5) is 11.5. The molecule has 24 heavy (non-hydrogen) atoms. The van der Waals surface area contributed by atoms with Crippen molar-refractivity contribution in [2.75, 3.05) is 11.4 Å². The maximum absolute atomic E-state index is 6.24. The van der Waals surface area contributed by atoms with Crippen molar-refractivity contribution < 1.29 is 0 Å². The monoisotopic (exact) mass is 340 g/mol. The molecule has 0 saturated heterocycles. The highest BCUT2D eigenvalue weighted by atomic mass is 35.5. The third-order valence-corrected chi connectivity index (χ3v) is 4.50. The molecule has 0 spiro atoms. The van der Waals surface area contributed by atoms with Crippen LogP contribution in [0.15, 0.2) is 59.9 Å². The normalized spacial score (nSPS) is 15.4. The highest BCUT2D eigenvalue weighted by molar-refractivity contribution is 6.32. The van der Waals surface area contributed by atoms with E-state index in [2.05, 4.69) is 27.2 Å². The molecule has 0 unspecified atom stereocenters. The second-order valence-electron chi connectivity index (χ2n) is 5.86. The Morgan fingerprint density at radius 2 is 2.17 bits per heavy atom. The Morgan fingerprint density at radius 1 is 1.33 bits per heavy atom. The van der Waals surface area contributed by atoms with Gasteiger partial charge in [-0.15, -0.1) is 0 Å². The molecule has 0 amide bonds. The zero-order valence-corrected chi connectivity index (χ0v) is 14.8.